The summed E-state index contributed by atoms with van der Waals surface area (Å²) in [5, 5.41) is 0.875. The van der Waals surface area contributed by atoms with E-state index in [0.717, 1.165) is 48.8 Å². The number of fused-ring (bicyclic) bond motifs is 1. The molecule has 3 aromatic rings. The Hall–Kier alpha value is -3.42. The Morgan fingerprint density at radius 3 is 2.23 bits per heavy atom. The number of methoxy groups -OCH3 is 3. The van der Waals surface area contributed by atoms with Crippen LogP contribution in [0.25, 0.3) is 10.9 Å². The van der Waals surface area contributed by atoms with E-state index in [4.69, 9.17) is 18.9 Å². The number of rotatable bonds is 7. The predicted molar refractivity (Wildman–Crippen MR) is 121 cm³/mol. The van der Waals surface area contributed by atoms with Gasteiger partial charge in [0.25, 0.3) is 0 Å². The minimum atomic E-state index is 0.527. The molecule has 1 aromatic heterocycles. The molecule has 0 radical (unpaired) electrons. The lowest BCUT2D eigenvalue weighted by atomic mass is 10.1. The van der Waals surface area contributed by atoms with Crippen molar-refractivity contribution in [3.63, 3.8) is 0 Å². The molecule has 31 heavy (non-hydrogen) atoms. The fourth-order valence-electron chi connectivity index (χ4n) is 4.06. The first-order valence-electron chi connectivity index (χ1n) is 10.4. The Bertz CT molecular complexity index is 1050. The minimum Gasteiger partial charge on any atom is -0.493 e. The van der Waals surface area contributed by atoms with Crippen molar-refractivity contribution in [3.8, 4) is 23.0 Å². The van der Waals surface area contributed by atoms with Crippen molar-refractivity contribution in [2.75, 3.05) is 63.9 Å². The van der Waals surface area contributed by atoms with Crippen molar-refractivity contribution in [1.29, 1.82) is 0 Å². The summed E-state index contributed by atoms with van der Waals surface area (Å²) < 4.78 is 22.5. The fraction of sp³-hybridized carbons (Fsp3) is 0.391. The first-order valence-corrected chi connectivity index (χ1v) is 10.4. The normalized spacial score (nSPS) is 13.9. The lowest BCUT2D eigenvalue weighted by Crippen LogP contribution is -2.47. The Morgan fingerprint density at radius 2 is 1.55 bits per heavy atom. The van der Waals surface area contributed by atoms with Gasteiger partial charge in [-0.05, 0) is 25.1 Å². The van der Waals surface area contributed by atoms with Gasteiger partial charge >= 0.3 is 0 Å². The van der Waals surface area contributed by atoms with Crippen LogP contribution in [0.3, 0.4) is 0 Å². The number of benzene rings is 2. The highest BCUT2D eigenvalue weighted by Gasteiger charge is 2.25. The van der Waals surface area contributed by atoms with Crippen LogP contribution in [0.15, 0.2) is 36.7 Å². The molecular formula is C23H28N4O4. The molecule has 2 heterocycles. The fourth-order valence-corrected chi connectivity index (χ4v) is 4.06. The van der Waals surface area contributed by atoms with Crippen LogP contribution in [0.4, 0.5) is 11.5 Å². The minimum absolute atomic E-state index is 0.527. The maximum atomic E-state index is 5.82. The van der Waals surface area contributed by atoms with Crippen LogP contribution in [0.2, 0.25) is 0 Å². The largest absolute Gasteiger partial charge is 0.493 e. The zero-order valence-corrected chi connectivity index (χ0v) is 18.4. The summed E-state index contributed by atoms with van der Waals surface area (Å²) in [5.74, 6) is 3.45. The summed E-state index contributed by atoms with van der Waals surface area (Å²) in [7, 11) is 4.81. The number of nitrogens with zero attached hydrogens (tertiary/aromatic N) is 4. The SMILES string of the molecule is CCOc1ccccc1N1CCN(c2ncnc3c(OC)c(OC)c(OC)cc23)CC1. The van der Waals surface area contributed by atoms with E-state index in [1.54, 1.807) is 27.7 Å². The summed E-state index contributed by atoms with van der Waals surface area (Å²) in [6.45, 7) is 6.02. The third kappa shape index (κ3) is 3.85. The highest BCUT2D eigenvalue weighted by Crippen LogP contribution is 2.44. The molecule has 0 aliphatic carbocycles. The molecule has 0 atom stereocenters. The van der Waals surface area contributed by atoms with E-state index in [2.05, 4.69) is 25.8 Å². The van der Waals surface area contributed by atoms with Crippen molar-refractivity contribution >= 4 is 22.4 Å². The monoisotopic (exact) mass is 424 g/mol. The molecule has 1 saturated heterocycles. The van der Waals surface area contributed by atoms with Crippen molar-refractivity contribution in [2.45, 2.75) is 6.92 Å². The Kier molecular flexibility index (Phi) is 6.16. The van der Waals surface area contributed by atoms with Crippen molar-refractivity contribution in [2.24, 2.45) is 0 Å². The van der Waals surface area contributed by atoms with Gasteiger partial charge in [0.1, 0.15) is 23.4 Å². The zero-order chi connectivity index (χ0) is 21.8. The average molecular weight is 425 g/mol. The van der Waals surface area contributed by atoms with Gasteiger partial charge in [-0.25, -0.2) is 9.97 Å². The maximum absolute atomic E-state index is 5.82. The van der Waals surface area contributed by atoms with Gasteiger partial charge in [-0.1, -0.05) is 12.1 Å². The van der Waals surface area contributed by atoms with Crippen molar-refractivity contribution in [1.82, 2.24) is 9.97 Å². The molecule has 4 rings (SSSR count). The highest BCUT2D eigenvalue weighted by molar-refractivity contribution is 5.97. The van der Waals surface area contributed by atoms with Gasteiger partial charge in [0.15, 0.2) is 11.5 Å². The smallest absolute Gasteiger partial charge is 0.205 e. The molecule has 2 aromatic carbocycles. The van der Waals surface area contributed by atoms with Crippen molar-refractivity contribution in [3.05, 3.63) is 36.7 Å². The quantitative estimate of drug-likeness (QED) is 0.572. The van der Waals surface area contributed by atoms with Crippen LogP contribution < -0.4 is 28.7 Å². The molecule has 0 saturated carbocycles. The predicted octanol–water partition coefficient (Wildman–Crippen LogP) is 3.38. The molecule has 0 bridgehead atoms. The zero-order valence-electron chi connectivity index (χ0n) is 18.4. The molecule has 1 fully saturated rings. The molecular weight excluding hydrogens is 396 g/mol. The Morgan fingerprint density at radius 1 is 0.839 bits per heavy atom. The summed E-state index contributed by atoms with van der Waals surface area (Å²) in [6.07, 6.45) is 1.57. The van der Waals surface area contributed by atoms with E-state index >= 15 is 0 Å². The number of anilines is 2. The maximum Gasteiger partial charge on any atom is 0.205 e. The molecule has 1 aliphatic rings. The molecule has 0 N–H and O–H groups in total. The summed E-state index contributed by atoms with van der Waals surface area (Å²) in [5.41, 5.74) is 1.83. The lowest BCUT2D eigenvalue weighted by molar-refractivity contribution is 0.327. The summed E-state index contributed by atoms with van der Waals surface area (Å²) >= 11 is 0. The molecule has 8 heteroatoms. The third-order valence-electron chi connectivity index (χ3n) is 5.50. The van der Waals surface area contributed by atoms with Gasteiger partial charge in [0, 0.05) is 26.2 Å². The van der Waals surface area contributed by atoms with E-state index < -0.39 is 0 Å². The number of para-hydroxylation sites is 2. The second-order valence-corrected chi connectivity index (χ2v) is 7.11. The number of ether oxygens (including phenoxy) is 4. The highest BCUT2D eigenvalue weighted by atomic mass is 16.5. The van der Waals surface area contributed by atoms with Crippen LogP contribution in [-0.4, -0.2) is 64.1 Å². The van der Waals surface area contributed by atoms with E-state index in [0.29, 0.717) is 29.4 Å². The van der Waals surface area contributed by atoms with E-state index in [9.17, 15) is 0 Å². The average Bonchev–Trinajstić information content (AvgIpc) is 2.83. The van der Waals surface area contributed by atoms with Gasteiger partial charge in [-0.15, -0.1) is 0 Å². The molecule has 8 nitrogen and oxygen atoms in total. The number of piperazine rings is 1. The van der Waals surface area contributed by atoms with Gasteiger partial charge < -0.3 is 28.7 Å². The van der Waals surface area contributed by atoms with Crippen LogP contribution in [0.5, 0.6) is 23.0 Å². The van der Waals surface area contributed by atoms with Crippen LogP contribution >= 0.6 is 0 Å². The summed E-state index contributed by atoms with van der Waals surface area (Å²) in [4.78, 5) is 13.7. The molecule has 164 valence electrons. The topological polar surface area (TPSA) is 69.2 Å². The molecule has 0 unspecified atom stereocenters. The van der Waals surface area contributed by atoms with Gasteiger partial charge in [-0.2, -0.15) is 0 Å². The Balaban J connectivity index is 1.64. The first kappa shape index (κ1) is 20.8. The van der Waals surface area contributed by atoms with Crippen molar-refractivity contribution < 1.29 is 18.9 Å². The first-order chi connectivity index (χ1) is 15.2. The summed E-state index contributed by atoms with van der Waals surface area (Å²) in [6, 6.07) is 10.1. The van der Waals surface area contributed by atoms with E-state index in [1.165, 1.54) is 0 Å². The molecule has 1 aliphatic heterocycles. The second kappa shape index (κ2) is 9.16. The molecule has 0 amide bonds. The number of hydrogen-bond donors (Lipinski definition) is 0. The lowest BCUT2D eigenvalue weighted by Gasteiger charge is -2.37. The number of aromatic nitrogens is 2. The van der Waals surface area contributed by atoms with E-state index in [1.807, 2.05) is 31.2 Å². The van der Waals surface area contributed by atoms with Gasteiger partial charge in [-0.3, -0.25) is 0 Å². The third-order valence-corrected chi connectivity index (χ3v) is 5.50. The van der Waals surface area contributed by atoms with Crippen LogP contribution in [-0.2, 0) is 0 Å². The van der Waals surface area contributed by atoms with Crippen LogP contribution in [0.1, 0.15) is 6.92 Å². The van der Waals surface area contributed by atoms with E-state index in [-0.39, 0.29) is 0 Å². The molecule has 0 spiro atoms. The van der Waals surface area contributed by atoms with Gasteiger partial charge in [0.05, 0.1) is 39.0 Å². The van der Waals surface area contributed by atoms with Crippen LogP contribution in [0, 0.1) is 0 Å². The number of hydrogen-bond acceptors (Lipinski definition) is 8. The Labute approximate surface area is 182 Å². The second-order valence-electron chi connectivity index (χ2n) is 7.11. The van der Waals surface area contributed by atoms with Gasteiger partial charge in [0.2, 0.25) is 5.75 Å². The standard InChI is InChI=1S/C23H28N4O4/c1-5-31-18-9-7-6-8-17(18)26-10-12-27(13-11-26)23-16-14-19(28-2)21(29-3)22(30-4)20(16)24-15-25-23/h6-9,14-15H,5,10-13H2,1-4H3.